The van der Waals surface area contributed by atoms with Crippen molar-refractivity contribution in [1.29, 1.82) is 0 Å². The first-order chi connectivity index (χ1) is 14.6. The van der Waals surface area contributed by atoms with Gasteiger partial charge in [0.15, 0.2) is 0 Å². The molecule has 1 unspecified atom stereocenters. The van der Waals surface area contributed by atoms with Crippen LogP contribution in [-0.2, 0) is 11.2 Å². The number of benzene rings is 2. The number of hydrogen-bond donors (Lipinski definition) is 1. The normalized spacial score (nSPS) is 27.4. The van der Waals surface area contributed by atoms with E-state index in [1.165, 1.54) is 12.1 Å². The maximum absolute atomic E-state index is 14.2. The second-order valence-electron chi connectivity index (χ2n) is 8.71. The van der Waals surface area contributed by atoms with E-state index in [1.807, 2.05) is 18.2 Å². The van der Waals surface area contributed by atoms with Crippen LogP contribution in [0.15, 0.2) is 36.4 Å². The lowest BCUT2D eigenvalue weighted by molar-refractivity contribution is -0.0340. The minimum atomic E-state index is -0.583. The number of alkyl carbamates (subject to hydrolysis) is 1. The third kappa shape index (κ3) is 3.81. The molecule has 1 aliphatic carbocycles. The highest BCUT2D eigenvalue weighted by Gasteiger charge is 2.37. The summed E-state index contributed by atoms with van der Waals surface area (Å²) in [6.07, 6.45) is 4.51. The summed E-state index contributed by atoms with van der Waals surface area (Å²) in [4.78, 5) is 15.0. The van der Waals surface area contributed by atoms with Gasteiger partial charge in [0.2, 0.25) is 0 Å². The average molecular weight is 412 g/mol. The Balaban J connectivity index is 1.30. The summed E-state index contributed by atoms with van der Waals surface area (Å²) in [6.45, 7) is 3.06. The van der Waals surface area contributed by atoms with Crippen molar-refractivity contribution < 1.29 is 18.3 Å². The number of fused-ring (bicyclic) bond motifs is 4. The lowest BCUT2D eigenvalue weighted by Gasteiger charge is -2.44. The van der Waals surface area contributed by atoms with Gasteiger partial charge in [0, 0.05) is 18.2 Å². The number of nitrogens with one attached hydrogen (secondary N) is 1. The first-order valence-electron chi connectivity index (χ1n) is 10.8. The van der Waals surface area contributed by atoms with Crippen molar-refractivity contribution in [3.8, 4) is 11.1 Å². The maximum Gasteiger partial charge on any atom is 0.407 e. The summed E-state index contributed by atoms with van der Waals surface area (Å²) in [5, 5.41) is 3.06. The molecule has 0 radical (unpaired) electrons. The number of halogens is 2. The van der Waals surface area contributed by atoms with E-state index in [0.29, 0.717) is 11.5 Å². The van der Waals surface area contributed by atoms with Crippen LogP contribution in [0, 0.1) is 17.6 Å². The van der Waals surface area contributed by atoms with Gasteiger partial charge < -0.3 is 10.1 Å². The minimum absolute atomic E-state index is 0.0145. The zero-order valence-corrected chi connectivity index (χ0v) is 16.9. The molecule has 30 heavy (non-hydrogen) atoms. The lowest BCUT2D eigenvalue weighted by atomic mass is 9.85. The van der Waals surface area contributed by atoms with Gasteiger partial charge in [-0.25, -0.2) is 13.6 Å². The number of carbonyl (C=O) groups is 1. The van der Waals surface area contributed by atoms with Crippen LogP contribution in [0.2, 0.25) is 0 Å². The maximum atomic E-state index is 14.2. The molecular formula is C24H26F2N2O2. The number of hydrogen-bond acceptors (Lipinski definition) is 3. The quantitative estimate of drug-likeness (QED) is 0.785. The Labute approximate surface area is 175 Å². The van der Waals surface area contributed by atoms with Crippen molar-refractivity contribution in [2.75, 3.05) is 19.6 Å². The van der Waals surface area contributed by atoms with E-state index < -0.39 is 11.6 Å². The molecule has 0 saturated carbocycles. The Kier molecular flexibility index (Phi) is 5.19. The molecule has 0 spiro atoms. The van der Waals surface area contributed by atoms with Gasteiger partial charge in [-0.05, 0) is 79.9 Å². The molecule has 0 aromatic heterocycles. The number of aryl methyl sites for hydroxylation is 1. The largest absolute Gasteiger partial charge is 0.445 e. The molecule has 2 aromatic carbocycles. The Hall–Kier alpha value is -2.47. The predicted molar refractivity (Wildman–Crippen MR) is 110 cm³/mol. The molecule has 3 saturated heterocycles. The van der Waals surface area contributed by atoms with Crippen LogP contribution in [0.4, 0.5) is 13.6 Å². The van der Waals surface area contributed by atoms with Crippen molar-refractivity contribution in [3.63, 3.8) is 0 Å². The number of rotatable bonds is 3. The predicted octanol–water partition coefficient (Wildman–Crippen LogP) is 4.83. The fourth-order valence-electron chi connectivity index (χ4n) is 5.21. The first kappa shape index (κ1) is 19.5. The van der Waals surface area contributed by atoms with E-state index in [9.17, 15) is 13.6 Å². The lowest BCUT2D eigenvalue weighted by Crippen LogP contribution is -2.52. The van der Waals surface area contributed by atoms with E-state index in [0.717, 1.165) is 74.5 Å². The van der Waals surface area contributed by atoms with Gasteiger partial charge >= 0.3 is 6.09 Å². The molecule has 3 fully saturated rings. The molecule has 2 aromatic rings. The molecule has 1 amide bonds. The molecule has 6 rings (SSSR count). The summed E-state index contributed by atoms with van der Waals surface area (Å²) in [5.74, 6) is -0.672. The third-order valence-corrected chi connectivity index (χ3v) is 6.85. The minimum Gasteiger partial charge on any atom is -0.445 e. The SMILES string of the molecule is O=C(NC1CCCc2cc(-c3ccc(F)cc3F)ccc21)O[C@@H]1CN2CCC1CC2. The smallest absolute Gasteiger partial charge is 0.407 e. The van der Waals surface area contributed by atoms with Crippen LogP contribution in [0.25, 0.3) is 11.1 Å². The van der Waals surface area contributed by atoms with E-state index in [4.69, 9.17) is 4.74 Å². The highest BCUT2D eigenvalue weighted by atomic mass is 19.1. The molecule has 3 aliphatic heterocycles. The molecule has 4 aliphatic rings. The Morgan fingerprint density at radius 3 is 2.63 bits per heavy atom. The second kappa shape index (κ2) is 7.99. The topological polar surface area (TPSA) is 41.6 Å². The van der Waals surface area contributed by atoms with Crippen molar-refractivity contribution in [2.45, 2.75) is 44.2 Å². The van der Waals surface area contributed by atoms with Crippen LogP contribution >= 0.6 is 0 Å². The Morgan fingerprint density at radius 2 is 1.90 bits per heavy atom. The highest BCUT2D eigenvalue weighted by molar-refractivity contribution is 5.69. The van der Waals surface area contributed by atoms with Crippen LogP contribution in [0.3, 0.4) is 0 Å². The van der Waals surface area contributed by atoms with E-state index in [1.54, 1.807) is 0 Å². The van der Waals surface area contributed by atoms with Crippen LogP contribution in [0.1, 0.15) is 42.9 Å². The van der Waals surface area contributed by atoms with Crippen LogP contribution in [0.5, 0.6) is 0 Å². The zero-order chi connectivity index (χ0) is 20.7. The molecular weight excluding hydrogens is 386 g/mol. The summed E-state index contributed by atoms with van der Waals surface area (Å²) in [7, 11) is 0. The fraction of sp³-hybridized carbons (Fsp3) is 0.458. The third-order valence-electron chi connectivity index (χ3n) is 6.85. The van der Waals surface area contributed by atoms with Crippen molar-refractivity contribution in [1.82, 2.24) is 10.2 Å². The monoisotopic (exact) mass is 412 g/mol. The molecule has 6 heteroatoms. The van der Waals surface area contributed by atoms with Crippen LogP contribution < -0.4 is 5.32 Å². The zero-order valence-electron chi connectivity index (χ0n) is 16.9. The van der Waals surface area contributed by atoms with E-state index in [-0.39, 0.29) is 18.2 Å². The highest BCUT2D eigenvalue weighted by Crippen LogP contribution is 2.34. The molecule has 158 valence electrons. The molecule has 2 atom stereocenters. The second-order valence-corrected chi connectivity index (χ2v) is 8.71. The van der Waals surface area contributed by atoms with Gasteiger partial charge in [0.25, 0.3) is 0 Å². The van der Waals surface area contributed by atoms with Crippen LogP contribution in [-0.4, -0.2) is 36.7 Å². The molecule has 3 heterocycles. The molecule has 2 bridgehead atoms. The van der Waals surface area contributed by atoms with Gasteiger partial charge in [0.05, 0.1) is 6.04 Å². The number of piperidine rings is 3. The number of amides is 1. The van der Waals surface area contributed by atoms with Gasteiger partial charge in [-0.2, -0.15) is 0 Å². The van der Waals surface area contributed by atoms with Gasteiger partial charge in [0.1, 0.15) is 17.7 Å². The van der Waals surface area contributed by atoms with Gasteiger partial charge in [-0.15, -0.1) is 0 Å². The fourth-order valence-corrected chi connectivity index (χ4v) is 5.21. The Bertz CT molecular complexity index is 956. The number of ether oxygens (including phenoxy) is 1. The average Bonchev–Trinajstić information content (AvgIpc) is 2.74. The van der Waals surface area contributed by atoms with E-state index >= 15 is 0 Å². The summed E-state index contributed by atoms with van der Waals surface area (Å²) in [6, 6.07) is 9.29. The molecule has 4 nitrogen and oxygen atoms in total. The van der Waals surface area contributed by atoms with Crippen molar-refractivity contribution in [3.05, 3.63) is 59.2 Å². The standard InChI is InChI=1S/C24H26F2N2O2/c25-18-5-7-19(21(26)13-18)17-4-6-20-16(12-17)2-1-3-22(20)27-24(29)30-23-14-28-10-8-15(23)9-11-28/h4-7,12-13,15,22-23H,1-3,8-11,14H2,(H,27,29)/t22?,23-/m1/s1. The van der Waals surface area contributed by atoms with Gasteiger partial charge in [-0.3, -0.25) is 4.90 Å². The van der Waals surface area contributed by atoms with Crippen molar-refractivity contribution >= 4 is 6.09 Å². The summed E-state index contributed by atoms with van der Waals surface area (Å²) < 4.78 is 33.2. The summed E-state index contributed by atoms with van der Waals surface area (Å²) >= 11 is 0. The first-order valence-corrected chi connectivity index (χ1v) is 10.8. The number of carbonyl (C=O) groups excluding carboxylic acids is 1. The summed E-state index contributed by atoms with van der Waals surface area (Å²) in [5.41, 5.74) is 3.26. The van der Waals surface area contributed by atoms with Gasteiger partial charge in [-0.1, -0.05) is 18.2 Å². The number of nitrogens with zero attached hydrogens (tertiary/aromatic N) is 1. The Morgan fingerprint density at radius 1 is 1.07 bits per heavy atom. The molecule has 1 N–H and O–H groups in total. The van der Waals surface area contributed by atoms with E-state index in [2.05, 4.69) is 10.2 Å². The van der Waals surface area contributed by atoms with Crippen molar-refractivity contribution in [2.24, 2.45) is 5.92 Å².